The van der Waals surface area contributed by atoms with Crippen molar-refractivity contribution in [2.75, 3.05) is 18.5 Å². The summed E-state index contributed by atoms with van der Waals surface area (Å²) in [6, 6.07) is 5.29. The van der Waals surface area contributed by atoms with Crippen molar-refractivity contribution < 1.29 is 15.0 Å². The standard InChI is InChI=1S/C16H23NO3/c1-12-9-13(5-6-14(12)15(19)20)17-10-16(11-18)7-3-2-4-8-16/h5-6,9,17-18H,2-4,7-8,10-11H2,1H3,(H,19,20). The summed E-state index contributed by atoms with van der Waals surface area (Å²) in [5.41, 5.74) is 2.00. The Bertz CT molecular complexity index is 479. The van der Waals surface area contributed by atoms with Crippen molar-refractivity contribution in [3.05, 3.63) is 29.3 Å². The highest BCUT2D eigenvalue weighted by Gasteiger charge is 2.31. The molecule has 4 nitrogen and oxygen atoms in total. The van der Waals surface area contributed by atoms with Crippen LogP contribution in [-0.4, -0.2) is 29.3 Å². The molecule has 1 aliphatic rings. The average molecular weight is 277 g/mol. The highest BCUT2D eigenvalue weighted by molar-refractivity contribution is 5.89. The molecule has 0 aromatic heterocycles. The minimum absolute atomic E-state index is 0.0162. The van der Waals surface area contributed by atoms with Crippen molar-refractivity contribution in [2.24, 2.45) is 5.41 Å². The van der Waals surface area contributed by atoms with E-state index in [2.05, 4.69) is 5.32 Å². The first-order valence-corrected chi connectivity index (χ1v) is 7.25. The summed E-state index contributed by atoms with van der Waals surface area (Å²) in [4.78, 5) is 11.0. The second-order valence-corrected chi connectivity index (χ2v) is 5.91. The molecule has 0 radical (unpaired) electrons. The van der Waals surface area contributed by atoms with Gasteiger partial charge < -0.3 is 15.5 Å². The Hall–Kier alpha value is -1.55. The zero-order chi connectivity index (χ0) is 14.6. The van der Waals surface area contributed by atoms with E-state index in [1.807, 2.05) is 6.07 Å². The highest BCUT2D eigenvalue weighted by atomic mass is 16.4. The fourth-order valence-electron chi connectivity index (χ4n) is 3.00. The maximum atomic E-state index is 11.0. The maximum absolute atomic E-state index is 11.0. The normalized spacial score (nSPS) is 17.7. The Morgan fingerprint density at radius 2 is 2.00 bits per heavy atom. The van der Waals surface area contributed by atoms with Crippen LogP contribution in [0.1, 0.15) is 48.0 Å². The van der Waals surface area contributed by atoms with Gasteiger partial charge in [-0.2, -0.15) is 0 Å². The van der Waals surface area contributed by atoms with Gasteiger partial charge in [-0.3, -0.25) is 0 Å². The summed E-state index contributed by atoms with van der Waals surface area (Å²) in [7, 11) is 0. The minimum Gasteiger partial charge on any atom is -0.478 e. The molecule has 1 aromatic carbocycles. The van der Waals surface area contributed by atoms with Crippen LogP contribution in [0, 0.1) is 12.3 Å². The van der Waals surface area contributed by atoms with Crippen molar-refractivity contribution in [1.82, 2.24) is 0 Å². The maximum Gasteiger partial charge on any atom is 0.335 e. The van der Waals surface area contributed by atoms with Gasteiger partial charge in [0.2, 0.25) is 0 Å². The lowest BCUT2D eigenvalue weighted by molar-refractivity contribution is 0.0696. The van der Waals surface area contributed by atoms with Crippen LogP contribution in [0.5, 0.6) is 0 Å². The minimum atomic E-state index is -0.895. The first-order valence-electron chi connectivity index (χ1n) is 7.25. The number of carbonyl (C=O) groups is 1. The topological polar surface area (TPSA) is 69.6 Å². The Morgan fingerprint density at radius 3 is 2.55 bits per heavy atom. The van der Waals surface area contributed by atoms with E-state index in [1.165, 1.54) is 19.3 Å². The molecule has 1 aromatic rings. The number of aliphatic hydroxyl groups excluding tert-OH is 1. The molecule has 3 N–H and O–H groups in total. The predicted molar refractivity (Wildman–Crippen MR) is 79.2 cm³/mol. The molecule has 0 heterocycles. The Kier molecular flexibility index (Phi) is 4.65. The first kappa shape index (κ1) is 14.9. The highest BCUT2D eigenvalue weighted by Crippen LogP contribution is 2.36. The van der Waals surface area contributed by atoms with Crippen molar-refractivity contribution >= 4 is 11.7 Å². The summed E-state index contributed by atoms with van der Waals surface area (Å²) in [6.45, 7) is 2.76. The van der Waals surface area contributed by atoms with Crippen molar-refractivity contribution in [3.63, 3.8) is 0 Å². The molecular formula is C16H23NO3. The Balaban J connectivity index is 2.03. The van der Waals surface area contributed by atoms with E-state index in [9.17, 15) is 9.90 Å². The van der Waals surface area contributed by atoms with E-state index in [0.29, 0.717) is 5.56 Å². The van der Waals surface area contributed by atoms with Crippen LogP contribution in [-0.2, 0) is 0 Å². The monoisotopic (exact) mass is 277 g/mol. The molecule has 20 heavy (non-hydrogen) atoms. The number of benzene rings is 1. The van der Waals surface area contributed by atoms with Crippen LogP contribution in [0.3, 0.4) is 0 Å². The van der Waals surface area contributed by atoms with Gasteiger partial charge in [0.25, 0.3) is 0 Å². The second-order valence-electron chi connectivity index (χ2n) is 5.91. The molecular weight excluding hydrogens is 254 g/mol. The third-order valence-electron chi connectivity index (χ3n) is 4.37. The summed E-state index contributed by atoms with van der Waals surface area (Å²) in [5, 5.41) is 22.0. The van der Waals surface area contributed by atoms with Crippen LogP contribution in [0.2, 0.25) is 0 Å². The van der Waals surface area contributed by atoms with Gasteiger partial charge in [-0.15, -0.1) is 0 Å². The Labute approximate surface area is 119 Å². The van der Waals surface area contributed by atoms with Gasteiger partial charge in [0.15, 0.2) is 0 Å². The average Bonchev–Trinajstić information content (AvgIpc) is 2.46. The molecule has 4 heteroatoms. The molecule has 1 aliphatic carbocycles. The third kappa shape index (κ3) is 3.31. The lowest BCUT2D eigenvalue weighted by Crippen LogP contribution is -2.35. The largest absolute Gasteiger partial charge is 0.478 e. The Morgan fingerprint density at radius 1 is 1.30 bits per heavy atom. The SMILES string of the molecule is Cc1cc(NCC2(CO)CCCCC2)ccc1C(=O)O. The van der Waals surface area contributed by atoms with Gasteiger partial charge in [-0.1, -0.05) is 19.3 Å². The van der Waals surface area contributed by atoms with Gasteiger partial charge in [-0.25, -0.2) is 4.79 Å². The predicted octanol–water partition coefficient (Wildman–Crippen LogP) is 3.05. The number of aliphatic hydroxyl groups is 1. The van der Waals surface area contributed by atoms with Crippen LogP contribution in [0.15, 0.2) is 18.2 Å². The number of hydrogen-bond donors (Lipinski definition) is 3. The first-order chi connectivity index (χ1) is 9.56. The molecule has 2 rings (SSSR count). The molecule has 0 amide bonds. The molecule has 0 aliphatic heterocycles. The smallest absolute Gasteiger partial charge is 0.335 e. The van der Waals surface area contributed by atoms with Crippen LogP contribution in [0.25, 0.3) is 0 Å². The summed E-state index contributed by atoms with van der Waals surface area (Å²) in [5.74, 6) is -0.895. The molecule has 0 spiro atoms. The number of rotatable bonds is 5. The number of aromatic carboxylic acids is 1. The molecule has 0 atom stereocenters. The number of anilines is 1. The number of hydrogen-bond acceptors (Lipinski definition) is 3. The second kappa shape index (κ2) is 6.27. The zero-order valence-electron chi connectivity index (χ0n) is 12.0. The summed E-state index contributed by atoms with van der Waals surface area (Å²) in [6.07, 6.45) is 5.73. The van der Waals surface area contributed by atoms with Crippen LogP contribution < -0.4 is 5.32 Å². The van der Waals surface area contributed by atoms with Gasteiger partial charge in [0, 0.05) is 17.6 Å². The van der Waals surface area contributed by atoms with Gasteiger partial charge in [0.05, 0.1) is 12.2 Å². The van der Waals surface area contributed by atoms with E-state index in [0.717, 1.165) is 30.6 Å². The fraction of sp³-hybridized carbons (Fsp3) is 0.562. The lowest BCUT2D eigenvalue weighted by atomic mass is 9.74. The van der Waals surface area contributed by atoms with E-state index in [-0.39, 0.29) is 12.0 Å². The summed E-state index contributed by atoms with van der Waals surface area (Å²) >= 11 is 0. The molecule has 0 bridgehead atoms. The van der Waals surface area contributed by atoms with Gasteiger partial charge in [-0.05, 0) is 43.5 Å². The summed E-state index contributed by atoms with van der Waals surface area (Å²) < 4.78 is 0. The van der Waals surface area contributed by atoms with Crippen molar-refractivity contribution in [2.45, 2.75) is 39.0 Å². The molecule has 0 saturated heterocycles. The fourth-order valence-corrected chi connectivity index (χ4v) is 3.00. The van der Waals surface area contributed by atoms with E-state index in [1.54, 1.807) is 19.1 Å². The van der Waals surface area contributed by atoms with Gasteiger partial charge in [0.1, 0.15) is 0 Å². The van der Waals surface area contributed by atoms with Crippen LogP contribution >= 0.6 is 0 Å². The molecule has 0 unspecified atom stereocenters. The number of carboxylic acids is 1. The van der Waals surface area contributed by atoms with Crippen molar-refractivity contribution in [3.8, 4) is 0 Å². The van der Waals surface area contributed by atoms with E-state index < -0.39 is 5.97 Å². The zero-order valence-corrected chi connectivity index (χ0v) is 12.0. The van der Waals surface area contributed by atoms with E-state index >= 15 is 0 Å². The van der Waals surface area contributed by atoms with Crippen LogP contribution in [0.4, 0.5) is 5.69 Å². The van der Waals surface area contributed by atoms with Crippen molar-refractivity contribution in [1.29, 1.82) is 0 Å². The number of carboxylic acid groups (broad SMARTS) is 1. The molecule has 110 valence electrons. The lowest BCUT2D eigenvalue weighted by Gasteiger charge is -2.36. The third-order valence-corrected chi connectivity index (χ3v) is 4.37. The number of nitrogens with one attached hydrogen (secondary N) is 1. The van der Waals surface area contributed by atoms with E-state index in [4.69, 9.17) is 5.11 Å². The quantitative estimate of drug-likeness (QED) is 0.773. The number of aryl methyl sites for hydroxylation is 1. The molecule has 1 saturated carbocycles. The molecule has 1 fully saturated rings. The van der Waals surface area contributed by atoms with Gasteiger partial charge >= 0.3 is 5.97 Å².